The molecular formula is C27H25ClN4O3. The molecule has 1 aliphatic heterocycles. The van der Waals surface area contributed by atoms with Gasteiger partial charge in [-0.3, -0.25) is 9.59 Å². The summed E-state index contributed by atoms with van der Waals surface area (Å²) in [7, 11) is 2.10. The normalized spacial score (nSPS) is 14.1. The number of piperidine rings is 1. The minimum atomic E-state index is -0.415. The van der Waals surface area contributed by atoms with Crippen LogP contribution in [0.3, 0.4) is 0 Å². The third-order valence-electron chi connectivity index (χ3n) is 5.79. The molecule has 1 heterocycles. The maximum Gasteiger partial charge on any atom is 0.257 e. The molecule has 0 aliphatic carbocycles. The lowest BCUT2D eigenvalue weighted by Gasteiger charge is -2.29. The van der Waals surface area contributed by atoms with E-state index < -0.39 is 5.91 Å². The SMILES string of the molecule is CN1CCC(Oc2cccc(C(=O)Nc3cccc(NC(=O)c4ccc(C#N)cc4Cl)c3)c2)CC1. The fraction of sp³-hybridized carbons (Fsp3) is 0.222. The summed E-state index contributed by atoms with van der Waals surface area (Å²) in [5.74, 6) is -0.0216. The highest BCUT2D eigenvalue weighted by atomic mass is 35.5. The second kappa shape index (κ2) is 11.0. The number of nitrogens with one attached hydrogen (secondary N) is 2. The van der Waals surface area contributed by atoms with E-state index in [-0.39, 0.29) is 22.6 Å². The highest BCUT2D eigenvalue weighted by Crippen LogP contribution is 2.23. The van der Waals surface area contributed by atoms with Crippen molar-refractivity contribution in [3.63, 3.8) is 0 Å². The first kappa shape index (κ1) is 24.3. The summed E-state index contributed by atoms with van der Waals surface area (Å²) >= 11 is 6.14. The van der Waals surface area contributed by atoms with Crippen molar-refractivity contribution in [2.24, 2.45) is 0 Å². The van der Waals surface area contributed by atoms with E-state index in [9.17, 15) is 9.59 Å². The lowest BCUT2D eigenvalue weighted by Crippen LogP contribution is -2.35. The molecular weight excluding hydrogens is 464 g/mol. The van der Waals surface area contributed by atoms with Gasteiger partial charge in [0.15, 0.2) is 0 Å². The van der Waals surface area contributed by atoms with Crippen LogP contribution < -0.4 is 15.4 Å². The van der Waals surface area contributed by atoms with Gasteiger partial charge < -0.3 is 20.3 Å². The average Bonchev–Trinajstić information content (AvgIpc) is 2.85. The Morgan fingerprint density at radius 1 is 0.971 bits per heavy atom. The van der Waals surface area contributed by atoms with Crippen molar-refractivity contribution in [1.82, 2.24) is 4.90 Å². The van der Waals surface area contributed by atoms with Gasteiger partial charge in [0.05, 0.1) is 22.2 Å². The molecule has 2 N–H and O–H groups in total. The largest absolute Gasteiger partial charge is 0.490 e. The van der Waals surface area contributed by atoms with Crippen molar-refractivity contribution < 1.29 is 14.3 Å². The number of nitriles is 1. The van der Waals surface area contributed by atoms with E-state index in [2.05, 4.69) is 22.6 Å². The summed E-state index contributed by atoms with van der Waals surface area (Å²) in [6.07, 6.45) is 2.06. The number of hydrogen-bond donors (Lipinski definition) is 2. The van der Waals surface area contributed by atoms with Crippen molar-refractivity contribution in [3.05, 3.63) is 88.4 Å². The van der Waals surface area contributed by atoms with E-state index in [1.807, 2.05) is 12.1 Å². The smallest absolute Gasteiger partial charge is 0.257 e. The number of amides is 2. The average molecular weight is 489 g/mol. The maximum atomic E-state index is 12.9. The van der Waals surface area contributed by atoms with Crippen molar-refractivity contribution in [3.8, 4) is 11.8 Å². The Kier molecular flexibility index (Phi) is 7.66. The van der Waals surface area contributed by atoms with Crippen LogP contribution in [0.5, 0.6) is 5.75 Å². The number of halogens is 1. The molecule has 35 heavy (non-hydrogen) atoms. The van der Waals surface area contributed by atoms with Crippen LogP contribution in [0.15, 0.2) is 66.7 Å². The number of ether oxygens (including phenoxy) is 1. The molecule has 178 valence electrons. The second-order valence-electron chi connectivity index (χ2n) is 8.44. The number of hydrogen-bond acceptors (Lipinski definition) is 5. The van der Waals surface area contributed by atoms with Crippen LogP contribution in [-0.4, -0.2) is 43.0 Å². The molecule has 0 aromatic heterocycles. The van der Waals surface area contributed by atoms with Crippen LogP contribution in [0.4, 0.5) is 11.4 Å². The fourth-order valence-electron chi connectivity index (χ4n) is 3.85. The van der Waals surface area contributed by atoms with E-state index in [0.717, 1.165) is 25.9 Å². The third-order valence-corrected chi connectivity index (χ3v) is 6.10. The second-order valence-corrected chi connectivity index (χ2v) is 8.85. The summed E-state index contributed by atoms with van der Waals surface area (Å²) in [4.78, 5) is 27.8. The zero-order valence-electron chi connectivity index (χ0n) is 19.3. The van der Waals surface area contributed by atoms with E-state index >= 15 is 0 Å². The number of carbonyl (C=O) groups is 2. The van der Waals surface area contributed by atoms with Crippen molar-refractivity contribution in [2.75, 3.05) is 30.8 Å². The number of rotatable bonds is 6. The molecule has 0 unspecified atom stereocenters. The Labute approximate surface area is 209 Å². The van der Waals surface area contributed by atoms with E-state index in [4.69, 9.17) is 21.6 Å². The number of likely N-dealkylation sites (tertiary alicyclic amines) is 1. The van der Waals surface area contributed by atoms with Gasteiger partial charge in [0.2, 0.25) is 0 Å². The summed E-state index contributed by atoms with van der Waals surface area (Å²) in [5, 5.41) is 14.8. The maximum absolute atomic E-state index is 12.9. The molecule has 0 bridgehead atoms. The van der Waals surface area contributed by atoms with Crippen molar-refractivity contribution in [1.29, 1.82) is 5.26 Å². The lowest BCUT2D eigenvalue weighted by atomic mass is 10.1. The van der Waals surface area contributed by atoms with E-state index in [1.54, 1.807) is 42.5 Å². The summed E-state index contributed by atoms with van der Waals surface area (Å²) in [6.45, 7) is 1.99. The van der Waals surface area contributed by atoms with Crippen LogP contribution in [0.2, 0.25) is 5.02 Å². The van der Waals surface area contributed by atoms with Gasteiger partial charge in [-0.05, 0) is 74.5 Å². The van der Waals surface area contributed by atoms with Crippen LogP contribution in [-0.2, 0) is 0 Å². The molecule has 0 atom stereocenters. The highest BCUT2D eigenvalue weighted by molar-refractivity contribution is 6.34. The summed E-state index contributed by atoms with van der Waals surface area (Å²) in [6, 6.07) is 20.4. The molecule has 4 rings (SSSR count). The molecule has 1 saturated heterocycles. The molecule has 1 aliphatic rings. The predicted molar refractivity (Wildman–Crippen MR) is 136 cm³/mol. The fourth-order valence-corrected chi connectivity index (χ4v) is 4.12. The Morgan fingerprint density at radius 3 is 2.34 bits per heavy atom. The molecule has 3 aromatic carbocycles. The zero-order chi connectivity index (χ0) is 24.8. The Hall–Kier alpha value is -3.86. The van der Waals surface area contributed by atoms with Crippen molar-refractivity contribution in [2.45, 2.75) is 18.9 Å². The molecule has 7 nitrogen and oxygen atoms in total. The predicted octanol–water partition coefficient (Wildman–Crippen LogP) is 5.19. The van der Waals surface area contributed by atoms with E-state index in [1.165, 1.54) is 18.2 Å². The Bertz CT molecular complexity index is 1280. The molecule has 0 spiro atoms. The molecule has 1 fully saturated rings. The highest BCUT2D eigenvalue weighted by Gasteiger charge is 2.18. The van der Waals surface area contributed by atoms with Gasteiger partial charge in [-0.25, -0.2) is 0 Å². The minimum absolute atomic E-state index is 0.148. The standard InChI is InChI=1S/C27H25ClN4O3/c1-32-12-10-22(11-13-32)35-23-7-2-4-19(15-23)26(33)30-20-5-3-6-21(16-20)31-27(34)24-9-8-18(17-29)14-25(24)28/h2-9,14-16,22H,10-13H2,1H3,(H,30,33)(H,31,34). The molecule has 2 amide bonds. The molecule has 8 heteroatoms. The third kappa shape index (κ3) is 6.38. The quantitative estimate of drug-likeness (QED) is 0.498. The van der Waals surface area contributed by atoms with Crippen LogP contribution >= 0.6 is 11.6 Å². The lowest BCUT2D eigenvalue weighted by molar-refractivity contribution is 0.101. The first-order valence-corrected chi connectivity index (χ1v) is 11.7. The number of nitrogens with zero attached hydrogens (tertiary/aromatic N) is 2. The van der Waals surface area contributed by atoms with Gasteiger partial charge >= 0.3 is 0 Å². The van der Waals surface area contributed by atoms with Gasteiger partial charge in [-0.15, -0.1) is 0 Å². The first-order chi connectivity index (χ1) is 16.9. The molecule has 0 saturated carbocycles. The van der Waals surface area contributed by atoms with Crippen LogP contribution in [0.1, 0.15) is 39.1 Å². The van der Waals surface area contributed by atoms with Crippen molar-refractivity contribution >= 4 is 34.8 Å². The topological polar surface area (TPSA) is 94.5 Å². The summed E-state index contributed by atoms with van der Waals surface area (Å²) < 4.78 is 6.09. The number of carbonyl (C=O) groups excluding carboxylic acids is 2. The first-order valence-electron chi connectivity index (χ1n) is 11.3. The zero-order valence-corrected chi connectivity index (χ0v) is 20.0. The summed E-state index contributed by atoms with van der Waals surface area (Å²) in [5.41, 5.74) is 2.13. The molecule has 3 aromatic rings. The van der Waals surface area contributed by atoms with E-state index in [0.29, 0.717) is 28.3 Å². The van der Waals surface area contributed by atoms with Crippen LogP contribution in [0.25, 0.3) is 0 Å². The van der Waals surface area contributed by atoms with Gasteiger partial charge in [-0.2, -0.15) is 5.26 Å². The van der Waals surface area contributed by atoms with Gasteiger partial charge in [0, 0.05) is 30.0 Å². The minimum Gasteiger partial charge on any atom is -0.490 e. The van der Waals surface area contributed by atoms with Gasteiger partial charge in [0.25, 0.3) is 11.8 Å². The van der Waals surface area contributed by atoms with Gasteiger partial charge in [0.1, 0.15) is 11.9 Å². The van der Waals surface area contributed by atoms with Gasteiger partial charge in [-0.1, -0.05) is 23.7 Å². The Balaban J connectivity index is 1.40. The number of anilines is 2. The number of benzene rings is 3. The molecule has 0 radical (unpaired) electrons. The van der Waals surface area contributed by atoms with Crippen LogP contribution in [0, 0.1) is 11.3 Å². The monoisotopic (exact) mass is 488 g/mol. The Morgan fingerprint density at radius 2 is 1.66 bits per heavy atom.